The minimum atomic E-state index is -3.64. The number of sulfonamides is 1. The number of hydrogen-bond donors (Lipinski definition) is 3. The van der Waals surface area contributed by atoms with E-state index < -0.39 is 10.0 Å². The number of amides is 1. The van der Waals surface area contributed by atoms with Gasteiger partial charge in [0.05, 0.1) is 17.7 Å². The van der Waals surface area contributed by atoms with Crippen LogP contribution >= 0.6 is 0 Å². The molecule has 0 aliphatic rings. The molecule has 0 fully saturated rings. The van der Waals surface area contributed by atoms with Gasteiger partial charge in [0, 0.05) is 26.1 Å². The summed E-state index contributed by atoms with van der Waals surface area (Å²) in [6.07, 6.45) is 0. The molecule has 0 heterocycles. The fraction of sp³-hybridized carbons (Fsp3) is 0.364. The van der Waals surface area contributed by atoms with E-state index >= 15 is 0 Å². The highest BCUT2D eigenvalue weighted by molar-refractivity contribution is 7.89. The van der Waals surface area contributed by atoms with Gasteiger partial charge in [0.15, 0.2) is 0 Å². The highest BCUT2D eigenvalue weighted by atomic mass is 32.2. The summed E-state index contributed by atoms with van der Waals surface area (Å²) in [5, 5.41) is 2.49. The van der Waals surface area contributed by atoms with Crippen molar-refractivity contribution in [1.29, 1.82) is 0 Å². The van der Waals surface area contributed by atoms with Crippen LogP contribution in [-0.2, 0) is 14.8 Å². The largest absolute Gasteiger partial charge is 0.495 e. The molecule has 1 rings (SSSR count). The summed E-state index contributed by atoms with van der Waals surface area (Å²) in [4.78, 5) is 10.7. The van der Waals surface area contributed by atoms with Crippen LogP contribution in [0.2, 0.25) is 0 Å². The first-order chi connectivity index (χ1) is 8.86. The highest BCUT2D eigenvalue weighted by Crippen LogP contribution is 2.24. The van der Waals surface area contributed by atoms with E-state index in [0.29, 0.717) is 11.4 Å². The van der Waals surface area contributed by atoms with Crippen molar-refractivity contribution in [2.24, 2.45) is 0 Å². The van der Waals surface area contributed by atoms with Gasteiger partial charge in [0.25, 0.3) is 0 Å². The van der Waals surface area contributed by atoms with Crippen LogP contribution in [0.5, 0.6) is 5.75 Å². The van der Waals surface area contributed by atoms with Crippen LogP contribution in [0.1, 0.15) is 6.92 Å². The van der Waals surface area contributed by atoms with Gasteiger partial charge >= 0.3 is 0 Å². The minimum Gasteiger partial charge on any atom is -0.495 e. The maximum absolute atomic E-state index is 11.9. The van der Waals surface area contributed by atoms with Gasteiger partial charge in [0.1, 0.15) is 5.75 Å². The Labute approximate surface area is 112 Å². The van der Waals surface area contributed by atoms with Crippen LogP contribution in [0.15, 0.2) is 23.1 Å². The van der Waals surface area contributed by atoms with Crippen LogP contribution in [0.4, 0.5) is 5.69 Å². The lowest BCUT2D eigenvalue weighted by Gasteiger charge is -2.09. The number of carbonyl (C=O) groups excluding carboxylic acids is 1. The Morgan fingerprint density at radius 1 is 1.37 bits per heavy atom. The minimum absolute atomic E-state index is 0.0568. The van der Waals surface area contributed by atoms with Gasteiger partial charge in [-0.3, -0.25) is 4.79 Å². The fourth-order valence-corrected chi connectivity index (χ4v) is 2.41. The number of rotatable bonds is 6. The number of carbonyl (C=O) groups is 1. The Balaban J connectivity index is 2.74. The van der Waals surface area contributed by atoms with Gasteiger partial charge in [-0.2, -0.15) is 0 Å². The SMILES string of the molecule is COc1cc(S(=O)(=O)NCCNC(C)=O)ccc1N. The zero-order valence-electron chi connectivity index (χ0n) is 10.8. The van der Waals surface area contributed by atoms with Crippen molar-refractivity contribution in [3.8, 4) is 5.75 Å². The molecule has 106 valence electrons. The summed E-state index contributed by atoms with van der Waals surface area (Å²) in [6.45, 7) is 1.69. The second-order valence-corrected chi connectivity index (χ2v) is 5.55. The van der Waals surface area contributed by atoms with E-state index in [-0.39, 0.29) is 23.9 Å². The van der Waals surface area contributed by atoms with E-state index in [9.17, 15) is 13.2 Å². The average Bonchev–Trinajstić information content (AvgIpc) is 2.35. The summed E-state index contributed by atoms with van der Waals surface area (Å²) in [5.41, 5.74) is 5.97. The maximum atomic E-state index is 11.9. The first-order valence-electron chi connectivity index (χ1n) is 5.54. The summed E-state index contributed by atoms with van der Waals surface area (Å²) in [6, 6.07) is 4.19. The second-order valence-electron chi connectivity index (χ2n) is 3.78. The number of hydrogen-bond acceptors (Lipinski definition) is 5. The number of ether oxygens (including phenoxy) is 1. The zero-order valence-corrected chi connectivity index (χ0v) is 11.6. The van der Waals surface area contributed by atoms with Crippen LogP contribution in [-0.4, -0.2) is 34.5 Å². The van der Waals surface area contributed by atoms with E-state index in [2.05, 4.69) is 10.0 Å². The predicted molar refractivity (Wildman–Crippen MR) is 71.3 cm³/mol. The molecule has 1 aromatic rings. The third kappa shape index (κ3) is 4.42. The zero-order chi connectivity index (χ0) is 14.5. The van der Waals surface area contributed by atoms with Crippen LogP contribution in [0, 0.1) is 0 Å². The third-order valence-corrected chi connectivity index (χ3v) is 3.76. The Morgan fingerprint density at radius 2 is 2.05 bits per heavy atom. The van der Waals surface area contributed by atoms with Crippen molar-refractivity contribution in [1.82, 2.24) is 10.0 Å². The van der Waals surface area contributed by atoms with Crippen LogP contribution < -0.4 is 20.5 Å². The number of nitrogens with one attached hydrogen (secondary N) is 2. The monoisotopic (exact) mass is 287 g/mol. The molecule has 8 heteroatoms. The van der Waals surface area contributed by atoms with Crippen molar-refractivity contribution in [2.75, 3.05) is 25.9 Å². The topological polar surface area (TPSA) is 111 Å². The molecule has 0 bridgehead atoms. The smallest absolute Gasteiger partial charge is 0.240 e. The molecule has 0 saturated carbocycles. The van der Waals surface area contributed by atoms with Crippen molar-refractivity contribution in [3.63, 3.8) is 0 Å². The molecule has 1 aromatic carbocycles. The molecular weight excluding hydrogens is 270 g/mol. The Hall–Kier alpha value is -1.80. The molecule has 0 radical (unpaired) electrons. The Kier molecular flexibility index (Phi) is 5.13. The average molecular weight is 287 g/mol. The normalized spacial score (nSPS) is 11.1. The van der Waals surface area contributed by atoms with Gasteiger partial charge in [-0.15, -0.1) is 0 Å². The lowest BCUT2D eigenvalue weighted by molar-refractivity contribution is -0.118. The van der Waals surface area contributed by atoms with E-state index in [1.807, 2.05) is 0 Å². The summed E-state index contributed by atoms with van der Waals surface area (Å²) < 4.78 is 31.2. The van der Waals surface area contributed by atoms with Crippen LogP contribution in [0.25, 0.3) is 0 Å². The molecule has 1 amide bonds. The molecule has 0 aliphatic heterocycles. The predicted octanol–water partition coefficient (Wildman–Crippen LogP) is -0.308. The Morgan fingerprint density at radius 3 is 2.63 bits per heavy atom. The lowest BCUT2D eigenvalue weighted by atomic mass is 10.3. The molecule has 0 unspecified atom stereocenters. The van der Waals surface area contributed by atoms with Crippen molar-refractivity contribution in [2.45, 2.75) is 11.8 Å². The number of anilines is 1. The molecular formula is C11H17N3O4S. The molecule has 0 aliphatic carbocycles. The number of nitrogens with two attached hydrogens (primary N) is 1. The van der Waals surface area contributed by atoms with Gasteiger partial charge in [-0.1, -0.05) is 0 Å². The van der Waals surface area contributed by atoms with Crippen molar-refractivity contribution < 1.29 is 17.9 Å². The molecule has 0 spiro atoms. The third-order valence-electron chi connectivity index (χ3n) is 2.31. The summed E-state index contributed by atoms with van der Waals surface area (Å²) in [7, 11) is -2.24. The van der Waals surface area contributed by atoms with Crippen molar-refractivity contribution in [3.05, 3.63) is 18.2 Å². The summed E-state index contributed by atoms with van der Waals surface area (Å²) >= 11 is 0. The maximum Gasteiger partial charge on any atom is 0.240 e. The Bertz CT molecular complexity index is 557. The van der Waals surface area contributed by atoms with E-state index in [4.69, 9.17) is 10.5 Å². The number of methoxy groups -OCH3 is 1. The second kappa shape index (κ2) is 6.39. The molecule has 19 heavy (non-hydrogen) atoms. The first kappa shape index (κ1) is 15.3. The molecule has 0 saturated heterocycles. The van der Waals surface area contributed by atoms with Gasteiger partial charge in [0.2, 0.25) is 15.9 Å². The first-order valence-corrected chi connectivity index (χ1v) is 7.03. The highest BCUT2D eigenvalue weighted by Gasteiger charge is 2.15. The van der Waals surface area contributed by atoms with Gasteiger partial charge in [-0.05, 0) is 12.1 Å². The van der Waals surface area contributed by atoms with Gasteiger partial charge in [-0.25, -0.2) is 13.1 Å². The fourth-order valence-electron chi connectivity index (χ4n) is 1.37. The molecule has 0 aromatic heterocycles. The summed E-state index contributed by atoms with van der Waals surface area (Å²) in [5.74, 6) is 0.0816. The number of benzene rings is 1. The number of nitrogen functional groups attached to an aromatic ring is 1. The van der Waals surface area contributed by atoms with Crippen molar-refractivity contribution >= 4 is 21.6 Å². The van der Waals surface area contributed by atoms with E-state index in [0.717, 1.165) is 0 Å². The van der Waals surface area contributed by atoms with E-state index in [1.54, 1.807) is 0 Å². The standard InChI is InChI=1S/C11H17N3O4S/c1-8(15)13-5-6-14-19(16,17)9-3-4-10(12)11(7-9)18-2/h3-4,7,14H,5-6,12H2,1-2H3,(H,13,15). The van der Waals surface area contributed by atoms with Gasteiger partial charge < -0.3 is 15.8 Å². The molecule has 4 N–H and O–H groups in total. The quantitative estimate of drug-likeness (QED) is 0.491. The molecule has 7 nitrogen and oxygen atoms in total. The molecule has 0 atom stereocenters. The van der Waals surface area contributed by atoms with E-state index in [1.165, 1.54) is 32.2 Å². The van der Waals surface area contributed by atoms with Crippen LogP contribution in [0.3, 0.4) is 0 Å². The lowest BCUT2D eigenvalue weighted by Crippen LogP contribution is -2.33.